The lowest BCUT2D eigenvalue weighted by atomic mass is 10.1. The van der Waals surface area contributed by atoms with E-state index in [0.29, 0.717) is 24.3 Å². The van der Waals surface area contributed by atoms with Gasteiger partial charge in [0.15, 0.2) is 0 Å². The zero-order valence-electron chi connectivity index (χ0n) is 12.1. The zero-order chi connectivity index (χ0) is 16.1. The largest absolute Gasteiger partial charge is 0.383 e. The number of hydrogen-bond donors (Lipinski definition) is 2. The summed E-state index contributed by atoms with van der Waals surface area (Å²) in [6.07, 6.45) is 8.01. The van der Waals surface area contributed by atoms with E-state index in [1.807, 2.05) is 0 Å². The Morgan fingerprint density at radius 3 is 2.57 bits per heavy atom. The fraction of sp³-hybridized carbons (Fsp3) is 0.133. The van der Waals surface area contributed by atoms with Gasteiger partial charge in [-0.3, -0.25) is 20.1 Å². The molecular formula is C15H14N6O2. The number of pyridine rings is 1. The van der Waals surface area contributed by atoms with Gasteiger partial charge in [0, 0.05) is 55.0 Å². The second kappa shape index (κ2) is 6.65. The number of fused-ring (bicyclic) bond motifs is 1. The molecule has 0 atom stereocenters. The van der Waals surface area contributed by atoms with Crippen molar-refractivity contribution in [2.45, 2.75) is 0 Å². The van der Waals surface area contributed by atoms with Crippen molar-refractivity contribution in [2.75, 3.05) is 23.7 Å². The van der Waals surface area contributed by atoms with Crippen LogP contribution in [0.3, 0.4) is 0 Å². The molecule has 8 heteroatoms. The topological polar surface area (TPSA) is 106 Å². The van der Waals surface area contributed by atoms with Gasteiger partial charge < -0.3 is 10.6 Å². The Morgan fingerprint density at radius 2 is 1.78 bits per heavy atom. The van der Waals surface area contributed by atoms with Gasteiger partial charge in [0.05, 0.1) is 16.5 Å². The number of nitro benzene ring substituents is 1. The maximum atomic E-state index is 11.1. The van der Waals surface area contributed by atoms with Crippen molar-refractivity contribution in [1.29, 1.82) is 0 Å². The second-order valence-corrected chi connectivity index (χ2v) is 4.75. The Bertz CT molecular complexity index is 825. The Kier molecular flexibility index (Phi) is 4.23. The minimum atomic E-state index is -0.399. The Hall–Kier alpha value is -3.29. The number of aromatic nitrogens is 3. The lowest BCUT2D eigenvalue weighted by molar-refractivity contribution is -0.383. The molecule has 1 aromatic carbocycles. The van der Waals surface area contributed by atoms with Gasteiger partial charge in [-0.25, -0.2) is 4.98 Å². The van der Waals surface area contributed by atoms with Gasteiger partial charge >= 0.3 is 0 Å². The molecule has 0 spiro atoms. The van der Waals surface area contributed by atoms with E-state index in [1.165, 1.54) is 12.3 Å². The van der Waals surface area contributed by atoms with Crippen LogP contribution in [0.5, 0.6) is 0 Å². The van der Waals surface area contributed by atoms with E-state index in [2.05, 4.69) is 25.6 Å². The molecular weight excluding hydrogens is 296 g/mol. The van der Waals surface area contributed by atoms with Gasteiger partial charge in [-0.1, -0.05) is 0 Å². The van der Waals surface area contributed by atoms with Crippen LogP contribution in [0.15, 0.2) is 49.2 Å². The van der Waals surface area contributed by atoms with Crippen molar-refractivity contribution in [3.8, 4) is 0 Å². The first-order valence-corrected chi connectivity index (χ1v) is 7.00. The molecule has 0 saturated carbocycles. The highest BCUT2D eigenvalue weighted by atomic mass is 16.6. The van der Waals surface area contributed by atoms with Crippen molar-refractivity contribution >= 4 is 28.0 Å². The molecule has 116 valence electrons. The van der Waals surface area contributed by atoms with Crippen LogP contribution in [0.25, 0.3) is 10.8 Å². The van der Waals surface area contributed by atoms with E-state index in [0.717, 1.165) is 11.1 Å². The predicted molar refractivity (Wildman–Crippen MR) is 87.4 cm³/mol. The fourth-order valence-electron chi connectivity index (χ4n) is 2.27. The van der Waals surface area contributed by atoms with E-state index >= 15 is 0 Å². The second-order valence-electron chi connectivity index (χ2n) is 4.75. The number of non-ortho nitro benzene ring substituents is 1. The molecule has 0 saturated heterocycles. The first-order valence-electron chi connectivity index (χ1n) is 7.00. The minimum Gasteiger partial charge on any atom is -0.383 e. The standard InChI is InChI=1S/C15H14N6O2/c22-21(23)14-2-1-13(11-3-4-16-9-12(11)14)18-7-8-20-15-10-17-5-6-19-15/h1-6,9-10,18H,7-8H2,(H,19,20). The molecule has 2 aromatic heterocycles. The molecule has 0 fully saturated rings. The first-order chi connectivity index (χ1) is 11.3. The maximum absolute atomic E-state index is 11.1. The van der Waals surface area contributed by atoms with E-state index in [9.17, 15) is 10.1 Å². The van der Waals surface area contributed by atoms with Crippen LogP contribution in [0.1, 0.15) is 0 Å². The number of anilines is 2. The van der Waals surface area contributed by atoms with Gasteiger partial charge in [0.25, 0.3) is 5.69 Å². The van der Waals surface area contributed by atoms with E-state index < -0.39 is 4.92 Å². The number of nitro groups is 1. The first kappa shape index (κ1) is 14.6. The smallest absolute Gasteiger partial charge is 0.278 e. The van der Waals surface area contributed by atoms with Crippen molar-refractivity contribution in [1.82, 2.24) is 15.0 Å². The number of rotatable bonds is 6. The lowest BCUT2D eigenvalue weighted by Crippen LogP contribution is -2.14. The monoisotopic (exact) mass is 310 g/mol. The van der Waals surface area contributed by atoms with Gasteiger partial charge in [-0.2, -0.15) is 0 Å². The third kappa shape index (κ3) is 3.31. The molecule has 0 aliphatic heterocycles. The molecule has 0 unspecified atom stereocenters. The van der Waals surface area contributed by atoms with Crippen molar-refractivity contribution < 1.29 is 4.92 Å². The van der Waals surface area contributed by atoms with Crippen LogP contribution in [-0.2, 0) is 0 Å². The van der Waals surface area contributed by atoms with Crippen LogP contribution in [0, 0.1) is 10.1 Å². The molecule has 0 bridgehead atoms. The summed E-state index contributed by atoms with van der Waals surface area (Å²) >= 11 is 0. The van der Waals surface area contributed by atoms with E-state index in [4.69, 9.17) is 0 Å². The highest BCUT2D eigenvalue weighted by molar-refractivity contribution is 5.99. The summed E-state index contributed by atoms with van der Waals surface area (Å²) in [5.74, 6) is 0.701. The average Bonchev–Trinajstić information content (AvgIpc) is 2.59. The molecule has 2 N–H and O–H groups in total. The van der Waals surface area contributed by atoms with Gasteiger partial charge in [0.1, 0.15) is 5.82 Å². The molecule has 0 aliphatic rings. The molecule has 2 heterocycles. The van der Waals surface area contributed by atoms with Gasteiger partial charge in [-0.05, 0) is 12.1 Å². The number of nitrogens with one attached hydrogen (secondary N) is 2. The Labute approximate surface area is 131 Å². The summed E-state index contributed by atoms with van der Waals surface area (Å²) in [7, 11) is 0. The molecule has 0 amide bonds. The van der Waals surface area contributed by atoms with Crippen molar-refractivity contribution in [3.63, 3.8) is 0 Å². The third-order valence-electron chi connectivity index (χ3n) is 3.30. The third-order valence-corrected chi connectivity index (χ3v) is 3.30. The van der Waals surface area contributed by atoms with Crippen LogP contribution in [0.4, 0.5) is 17.2 Å². The van der Waals surface area contributed by atoms with Crippen LogP contribution in [-0.4, -0.2) is 33.0 Å². The van der Waals surface area contributed by atoms with E-state index in [-0.39, 0.29) is 5.69 Å². The summed E-state index contributed by atoms with van der Waals surface area (Å²) in [6.45, 7) is 1.27. The molecule has 0 radical (unpaired) electrons. The number of nitrogens with zero attached hydrogens (tertiary/aromatic N) is 4. The van der Waals surface area contributed by atoms with Crippen LogP contribution < -0.4 is 10.6 Å². The molecule has 23 heavy (non-hydrogen) atoms. The maximum Gasteiger partial charge on any atom is 0.278 e. The van der Waals surface area contributed by atoms with Gasteiger partial charge in [0.2, 0.25) is 0 Å². The fourth-order valence-corrected chi connectivity index (χ4v) is 2.27. The molecule has 3 rings (SSSR count). The summed E-state index contributed by atoms with van der Waals surface area (Å²) in [5.41, 5.74) is 0.880. The average molecular weight is 310 g/mol. The highest BCUT2D eigenvalue weighted by Crippen LogP contribution is 2.30. The van der Waals surface area contributed by atoms with Gasteiger partial charge in [-0.15, -0.1) is 0 Å². The Morgan fingerprint density at radius 1 is 0.957 bits per heavy atom. The number of hydrogen-bond acceptors (Lipinski definition) is 7. The summed E-state index contributed by atoms with van der Waals surface area (Å²) in [5, 5.41) is 18.8. The summed E-state index contributed by atoms with van der Waals surface area (Å²) in [4.78, 5) is 22.7. The highest BCUT2D eigenvalue weighted by Gasteiger charge is 2.13. The normalized spacial score (nSPS) is 10.4. The number of benzene rings is 1. The molecule has 0 aliphatic carbocycles. The van der Waals surface area contributed by atoms with Crippen molar-refractivity contribution in [2.24, 2.45) is 0 Å². The summed E-state index contributed by atoms with van der Waals surface area (Å²) < 4.78 is 0. The van der Waals surface area contributed by atoms with E-state index in [1.54, 1.807) is 36.9 Å². The Balaban J connectivity index is 1.71. The lowest BCUT2D eigenvalue weighted by Gasteiger charge is -2.10. The van der Waals surface area contributed by atoms with Crippen LogP contribution >= 0.6 is 0 Å². The minimum absolute atomic E-state index is 0.0522. The molecule has 8 nitrogen and oxygen atoms in total. The quantitative estimate of drug-likeness (QED) is 0.409. The summed E-state index contributed by atoms with van der Waals surface area (Å²) in [6, 6.07) is 4.96. The van der Waals surface area contributed by atoms with Crippen molar-refractivity contribution in [3.05, 3.63) is 59.3 Å². The zero-order valence-corrected chi connectivity index (χ0v) is 12.1. The van der Waals surface area contributed by atoms with Crippen LogP contribution in [0.2, 0.25) is 0 Å². The SMILES string of the molecule is O=[N+]([O-])c1ccc(NCCNc2cnccn2)c2ccncc12. The molecule has 3 aromatic rings. The predicted octanol–water partition coefficient (Wildman–Crippen LogP) is 2.46.